The van der Waals surface area contributed by atoms with Crippen LogP contribution in [0.2, 0.25) is 0 Å². The fourth-order valence-corrected chi connectivity index (χ4v) is 2.80. The second-order valence-corrected chi connectivity index (χ2v) is 6.20. The van der Waals surface area contributed by atoms with Gasteiger partial charge in [-0.05, 0) is 31.0 Å². The third-order valence-electron chi connectivity index (χ3n) is 4.02. The molecule has 3 heterocycles. The van der Waals surface area contributed by atoms with E-state index in [4.69, 9.17) is 4.74 Å². The minimum Gasteiger partial charge on any atom is -0.379 e. The lowest BCUT2D eigenvalue weighted by atomic mass is 9.95. The summed E-state index contributed by atoms with van der Waals surface area (Å²) in [4.78, 5) is 15.0. The Morgan fingerprint density at radius 1 is 1.22 bits per heavy atom. The first-order valence-electron chi connectivity index (χ1n) is 7.88. The van der Waals surface area contributed by atoms with Gasteiger partial charge in [0.1, 0.15) is 5.82 Å². The Bertz CT molecular complexity index is 647. The van der Waals surface area contributed by atoms with Gasteiger partial charge in [0.05, 0.1) is 19.3 Å². The van der Waals surface area contributed by atoms with Crippen LogP contribution in [0.15, 0.2) is 30.6 Å². The first kappa shape index (κ1) is 15.7. The summed E-state index contributed by atoms with van der Waals surface area (Å²) >= 11 is 0. The van der Waals surface area contributed by atoms with E-state index in [9.17, 15) is 0 Å². The number of aromatic nitrogens is 3. The van der Waals surface area contributed by atoms with Crippen molar-refractivity contribution in [3.63, 3.8) is 0 Å². The van der Waals surface area contributed by atoms with E-state index in [1.807, 2.05) is 44.4 Å². The molecule has 0 unspecified atom stereocenters. The molecule has 1 saturated heterocycles. The second kappa shape index (κ2) is 6.91. The number of pyridine rings is 1. The maximum absolute atomic E-state index is 5.69. The second-order valence-electron chi connectivity index (χ2n) is 6.20. The van der Waals surface area contributed by atoms with Crippen molar-refractivity contribution in [3.8, 4) is 0 Å². The van der Waals surface area contributed by atoms with E-state index >= 15 is 0 Å². The molecule has 1 aliphatic heterocycles. The van der Waals surface area contributed by atoms with Crippen molar-refractivity contribution in [3.05, 3.63) is 41.9 Å². The summed E-state index contributed by atoms with van der Waals surface area (Å²) in [6, 6.07) is 6.37. The van der Waals surface area contributed by atoms with Gasteiger partial charge in [-0.1, -0.05) is 0 Å². The monoisotopic (exact) mass is 313 g/mol. The molecular weight excluding hydrogens is 290 g/mol. The minimum absolute atomic E-state index is 0.257. The third kappa shape index (κ3) is 3.96. The molecule has 2 atom stereocenters. The Kier molecular flexibility index (Phi) is 4.71. The molecule has 0 bridgehead atoms. The molecule has 1 fully saturated rings. The van der Waals surface area contributed by atoms with E-state index in [-0.39, 0.29) is 6.04 Å². The van der Waals surface area contributed by atoms with Crippen molar-refractivity contribution >= 4 is 11.8 Å². The largest absolute Gasteiger partial charge is 0.379 e. The summed E-state index contributed by atoms with van der Waals surface area (Å²) in [6.45, 7) is 3.46. The lowest BCUT2D eigenvalue weighted by Gasteiger charge is -2.21. The number of nitrogens with one attached hydrogen (secondary N) is 1. The van der Waals surface area contributed by atoms with Gasteiger partial charge in [-0.25, -0.2) is 4.98 Å². The first-order valence-corrected chi connectivity index (χ1v) is 7.88. The van der Waals surface area contributed by atoms with E-state index in [1.165, 1.54) is 5.56 Å². The van der Waals surface area contributed by atoms with E-state index in [1.54, 1.807) is 0 Å². The summed E-state index contributed by atoms with van der Waals surface area (Å²) in [5, 5.41) is 3.53. The zero-order chi connectivity index (χ0) is 16.2. The Morgan fingerprint density at radius 3 is 2.74 bits per heavy atom. The van der Waals surface area contributed by atoms with E-state index in [0.29, 0.717) is 12.5 Å². The number of ether oxygens (including phenoxy) is 1. The van der Waals surface area contributed by atoms with Crippen molar-refractivity contribution in [1.82, 2.24) is 15.0 Å². The molecule has 0 spiro atoms. The summed E-state index contributed by atoms with van der Waals surface area (Å²) in [7, 11) is 3.90. The van der Waals surface area contributed by atoms with Crippen LogP contribution < -0.4 is 10.2 Å². The number of nitrogens with zero attached hydrogens (tertiary/aromatic N) is 4. The number of rotatable bonds is 5. The molecule has 0 aromatic carbocycles. The van der Waals surface area contributed by atoms with Gasteiger partial charge < -0.3 is 15.0 Å². The van der Waals surface area contributed by atoms with Gasteiger partial charge in [0.25, 0.3) is 0 Å². The summed E-state index contributed by atoms with van der Waals surface area (Å²) in [5.41, 5.74) is 2.24. The maximum Gasteiger partial charge on any atom is 0.226 e. The number of hydrogen-bond donors (Lipinski definition) is 1. The molecule has 6 nitrogen and oxygen atoms in total. The molecule has 2 aromatic rings. The Hall–Kier alpha value is -2.21. The van der Waals surface area contributed by atoms with E-state index < -0.39 is 0 Å². The van der Waals surface area contributed by atoms with Crippen molar-refractivity contribution in [2.24, 2.45) is 5.92 Å². The van der Waals surface area contributed by atoms with Crippen molar-refractivity contribution in [2.45, 2.75) is 19.4 Å². The minimum atomic E-state index is 0.257. The Morgan fingerprint density at radius 2 is 2.00 bits per heavy atom. The highest BCUT2D eigenvalue weighted by Crippen LogP contribution is 2.23. The zero-order valence-corrected chi connectivity index (χ0v) is 13.9. The number of aryl methyl sites for hydroxylation is 1. The standard InChI is InChI=1S/C17H23N5O/c1-12-8-16(21-17(19-12)22(2)3)20-15-11-23-10-14(15)9-13-4-6-18-7-5-13/h4-8,14-15H,9-11H2,1-3H3,(H,19,20,21)/t14-,15-/m1/s1. The van der Waals surface area contributed by atoms with Gasteiger partial charge in [-0.2, -0.15) is 4.98 Å². The normalized spacial score (nSPS) is 20.5. The zero-order valence-electron chi connectivity index (χ0n) is 13.9. The Balaban J connectivity index is 1.71. The van der Waals surface area contributed by atoms with Gasteiger partial charge in [0, 0.05) is 44.2 Å². The van der Waals surface area contributed by atoms with Crippen LogP contribution in [0, 0.1) is 12.8 Å². The van der Waals surface area contributed by atoms with Crippen LogP contribution in [0.3, 0.4) is 0 Å². The predicted molar refractivity (Wildman–Crippen MR) is 90.8 cm³/mol. The van der Waals surface area contributed by atoms with Gasteiger partial charge in [-0.15, -0.1) is 0 Å². The molecule has 1 N–H and O–H groups in total. The van der Waals surface area contributed by atoms with Gasteiger partial charge in [0.2, 0.25) is 5.95 Å². The highest BCUT2D eigenvalue weighted by atomic mass is 16.5. The molecule has 0 amide bonds. The summed E-state index contributed by atoms with van der Waals surface area (Å²) in [5.74, 6) is 2.00. The smallest absolute Gasteiger partial charge is 0.226 e. The highest BCUT2D eigenvalue weighted by molar-refractivity contribution is 5.44. The van der Waals surface area contributed by atoms with Crippen LogP contribution in [0.25, 0.3) is 0 Å². The molecule has 3 rings (SSSR count). The van der Waals surface area contributed by atoms with E-state index in [2.05, 4.69) is 32.4 Å². The number of anilines is 2. The molecule has 6 heteroatoms. The molecule has 0 saturated carbocycles. The van der Waals surface area contributed by atoms with Crippen molar-refractivity contribution < 1.29 is 4.74 Å². The third-order valence-corrected chi connectivity index (χ3v) is 4.02. The van der Waals surface area contributed by atoms with Gasteiger partial charge in [-0.3, -0.25) is 4.98 Å². The molecule has 0 aliphatic carbocycles. The molecule has 2 aromatic heterocycles. The van der Waals surface area contributed by atoms with Crippen LogP contribution in [-0.4, -0.2) is 48.3 Å². The van der Waals surface area contributed by atoms with Crippen LogP contribution in [0.1, 0.15) is 11.3 Å². The average Bonchev–Trinajstić information content (AvgIpc) is 2.94. The maximum atomic E-state index is 5.69. The van der Waals surface area contributed by atoms with Gasteiger partial charge >= 0.3 is 0 Å². The van der Waals surface area contributed by atoms with Crippen LogP contribution in [0.5, 0.6) is 0 Å². The van der Waals surface area contributed by atoms with Crippen LogP contribution in [0.4, 0.5) is 11.8 Å². The first-order chi connectivity index (χ1) is 11.1. The van der Waals surface area contributed by atoms with E-state index in [0.717, 1.165) is 30.5 Å². The molecule has 23 heavy (non-hydrogen) atoms. The average molecular weight is 313 g/mol. The molecule has 1 aliphatic rings. The summed E-state index contributed by atoms with van der Waals surface area (Å²) < 4.78 is 5.69. The Labute approximate surface area is 136 Å². The SMILES string of the molecule is Cc1cc(N[C@@H]2COC[C@H]2Cc2ccncc2)nc(N(C)C)n1. The molecule has 122 valence electrons. The van der Waals surface area contributed by atoms with Gasteiger partial charge in [0.15, 0.2) is 0 Å². The topological polar surface area (TPSA) is 63.2 Å². The molecular formula is C17H23N5O. The van der Waals surface area contributed by atoms with Crippen LogP contribution in [-0.2, 0) is 11.2 Å². The quantitative estimate of drug-likeness (QED) is 0.910. The van der Waals surface area contributed by atoms with Crippen LogP contribution >= 0.6 is 0 Å². The van der Waals surface area contributed by atoms with Crippen molar-refractivity contribution in [1.29, 1.82) is 0 Å². The fraction of sp³-hybridized carbons (Fsp3) is 0.471. The fourth-order valence-electron chi connectivity index (χ4n) is 2.80. The highest BCUT2D eigenvalue weighted by Gasteiger charge is 2.28. The summed E-state index contributed by atoms with van der Waals surface area (Å²) in [6.07, 6.45) is 4.65. The lowest BCUT2D eigenvalue weighted by molar-refractivity contribution is 0.185. The van der Waals surface area contributed by atoms with Crippen molar-refractivity contribution in [2.75, 3.05) is 37.5 Å². The lowest BCUT2D eigenvalue weighted by Crippen LogP contribution is -2.30. The predicted octanol–water partition coefficient (Wildman–Crippen LogP) is 1.92. The molecule has 0 radical (unpaired) electrons. The number of hydrogen-bond acceptors (Lipinski definition) is 6.